The Morgan fingerprint density at radius 2 is 1.95 bits per heavy atom. The van der Waals surface area contributed by atoms with E-state index >= 15 is 0 Å². The molecule has 0 radical (unpaired) electrons. The summed E-state index contributed by atoms with van der Waals surface area (Å²) in [4.78, 5) is 0. The second kappa shape index (κ2) is 6.23. The maximum atomic E-state index is 9.94. The van der Waals surface area contributed by atoms with Crippen LogP contribution >= 0.6 is 0 Å². The molecule has 5 atom stereocenters. The van der Waals surface area contributed by atoms with Crippen LogP contribution in [0.25, 0.3) is 0 Å². The number of benzene rings is 1. The van der Waals surface area contributed by atoms with Crippen molar-refractivity contribution in [1.82, 2.24) is 0 Å². The fraction of sp³-hybridized carbons (Fsp3) is 0.625. The molecule has 1 aromatic rings. The Hall–Kier alpha value is -1.02. The lowest BCUT2D eigenvalue weighted by molar-refractivity contribution is -0.232. The van der Waals surface area contributed by atoms with Crippen molar-refractivity contribution in [2.24, 2.45) is 0 Å². The molecule has 0 unspecified atom stereocenters. The lowest BCUT2D eigenvalue weighted by Crippen LogP contribution is -2.44. The van der Waals surface area contributed by atoms with Gasteiger partial charge in [-0.3, -0.25) is 0 Å². The number of hydrogen-bond acceptors (Lipinski definition) is 6. The van der Waals surface area contributed by atoms with Gasteiger partial charge in [-0.15, -0.1) is 0 Å². The minimum Gasteiger partial charge on any atom is -0.394 e. The molecule has 0 aliphatic carbocycles. The Morgan fingerprint density at radius 3 is 2.64 bits per heavy atom. The lowest BCUT2D eigenvalue weighted by atomic mass is 10.1. The summed E-state index contributed by atoms with van der Waals surface area (Å²) < 4.78 is 23.1. The molecular weight excluding hydrogens is 288 g/mol. The van der Waals surface area contributed by atoms with Crippen molar-refractivity contribution in [1.29, 1.82) is 0 Å². The number of aliphatic hydroxyl groups excluding tert-OH is 2. The summed E-state index contributed by atoms with van der Waals surface area (Å²) in [6.07, 6.45) is -3.25. The van der Waals surface area contributed by atoms with Gasteiger partial charge in [-0.2, -0.15) is 0 Å². The molecule has 22 heavy (non-hydrogen) atoms. The number of rotatable bonds is 5. The van der Waals surface area contributed by atoms with Gasteiger partial charge in [0, 0.05) is 0 Å². The zero-order valence-corrected chi connectivity index (χ0v) is 12.7. The minimum atomic E-state index is -1.04. The molecule has 2 N–H and O–H groups in total. The van der Waals surface area contributed by atoms with E-state index in [1.54, 1.807) is 13.8 Å². The Labute approximate surface area is 129 Å². The van der Waals surface area contributed by atoms with Gasteiger partial charge in [-0.05, 0) is 19.4 Å². The summed E-state index contributed by atoms with van der Waals surface area (Å²) in [6.45, 7) is 3.58. The Morgan fingerprint density at radius 1 is 1.23 bits per heavy atom. The van der Waals surface area contributed by atoms with Crippen molar-refractivity contribution in [2.75, 3.05) is 6.61 Å². The molecule has 0 bridgehead atoms. The number of aliphatic hydroxyl groups is 2. The largest absolute Gasteiger partial charge is 0.394 e. The molecule has 2 heterocycles. The molecule has 0 saturated carbocycles. The van der Waals surface area contributed by atoms with E-state index in [9.17, 15) is 10.2 Å². The van der Waals surface area contributed by atoms with Crippen molar-refractivity contribution in [2.45, 2.75) is 56.9 Å². The van der Waals surface area contributed by atoms with Gasteiger partial charge >= 0.3 is 0 Å². The van der Waals surface area contributed by atoms with Gasteiger partial charge in [0.1, 0.15) is 24.4 Å². The van der Waals surface area contributed by atoms with Crippen molar-refractivity contribution in [3.63, 3.8) is 0 Å². The molecular formula is C16H22O6. The summed E-state index contributed by atoms with van der Waals surface area (Å²) in [7, 11) is 0. The smallest absolute Gasteiger partial charge is 0.190 e. The second-order valence-electron chi connectivity index (χ2n) is 6.08. The van der Waals surface area contributed by atoms with Crippen LogP contribution in [0.5, 0.6) is 0 Å². The average Bonchev–Trinajstić information content (AvgIpc) is 2.97. The van der Waals surface area contributed by atoms with Crippen LogP contribution in [-0.4, -0.2) is 53.3 Å². The molecule has 2 aliphatic heterocycles. The van der Waals surface area contributed by atoms with Gasteiger partial charge in [0.15, 0.2) is 12.1 Å². The van der Waals surface area contributed by atoms with E-state index in [0.717, 1.165) is 5.56 Å². The maximum Gasteiger partial charge on any atom is 0.190 e. The topological polar surface area (TPSA) is 77.4 Å². The van der Waals surface area contributed by atoms with Gasteiger partial charge in [-0.25, -0.2) is 0 Å². The zero-order chi connectivity index (χ0) is 15.7. The van der Waals surface area contributed by atoms with Crippen molar-refractivity contribution < 1.29 is 29.2 Å². The predicted molar refractivity (Wildman–Crippen MR) is 76.8 cm³/mol. The van der Waals surface area contributed by atoms with Gasteiger partial charge in [0.05, 0.1) is 13.2 Å². The van der Waals surface area contributed by atoms with Gasteiger partial charge in [0.2, 0.25) is 0 Å². The Balaban J connectivity index is 1.71. The van der Waals surface area contributed by atoms with Crippen LogP contribution in [0.1, 0.15) is 19.4 Å². The van der Waals surface area contributed by atoms with Crippen LogP contribution in [0.15, 0.2) is 30.3 Å². The maximum absolute atomic E-state index is 9.94. The minimum absolute atomic E-state index is 0.372. The van der Waals surface area contributed by atoms with Crippen molar-refractivity contribution in [3.8, 4) is 0 Å². The summed E-state index contributed by atoms with van der Waals surface area (Å²) in [5.74, 6) is -0.751. The van der Waals surface area contributed by atoms with Gasteiger partial charge in [0.25, 0.3) is 0 Å². The number of ether oxygens (including phenoxy) is 4. The van der Waals surface area contributed by atoms with Crippen LogP contribution in [-0.2, 0) is 25.6 Å². The molecule has 0 spiro atoms. The normalized spacial score (nSPS) is 34.5. The van der Waals surface area contributed by atoms with E-state index in [1.807, 2.05) is 30.3 Å². The Bertz CT molecular complexity index is 491. The third-order valence-corrected chi connectivity index (χ3v) is 3.88. The van der Waals surface area contributed by atoms with E-state index < -0.39 is 43.1 Å². The summed E-state index contributed by atoms with van der Waals surface area (Å²) in [5.41, 5.74) is 1.02. The molecule has 0 aromatic heterocycles. The van der Waals surface area contributed by atoms with Gasteiger partial charge < -0.3 is 29.2 Å². The molecule has 0 amide bonds. The fourth-order valence-corrected chi connectivity index (χ4v) is 2.87. The van der Waals surface area contributed by atoms with Crippen LogP contribution in [0.3, 0.4) is 0 Å². The van der Waals surface area contributed by atoms with Crippen LogP contribution < -0.4 is 0 Å². The van der Waals surface area contributed by atoms with E-state index in [4.69, 9.17) is 18.9 Å². The molecule has 2 aliphatic rings. The SMILES string of the molecule is CC1(C)O[C@H]2O[C@H]([C@H](O)CO)[C@@H](OCc3ccccc3)[C@H]2O1. The summed E-state index contributed by atoms with van der Waals surface area (Å²) >= 11 is 0. The fourth-order valence-electron chi connectivity index (χ4n) is 2.87. The van der Waals surface area contributed by atoms with E-state index in [0.29, 0.717) is 6.61 Å². The van der Waals surface area contributed by atoms with Crippen LogP contribution in [0, 0.1) is 0 Å². The molecule has 2 fully saturated rings. The molecule has 1 aromatic carbocycles. The average molecular weight is 310 g/mol. The quantitative estimate of drug-likeness (QED) is 0.838. The third kappa shape index (κ3) is 3.17. The van der Waals surface area contributed by atoms with Gasteiger partial charge in [-0.1, -0.05) is 30.3 Å². The highest BCUT2D eigenvalue weighted by Gasteiger charge is 2.56. The van der Waals surface area contributed by atoms with E-state index in [-0.39, 0.29) is 0 Å². The molecule has 6 nitrogen and oxygen atoms in total. The first kappa shape index (κ1) is 15.9. The summed E-state index contributed by atoms with van der Waals surface area (Å²) in [6, 6.07) is 9.73. The first-order valence-corrected chi connectivity index (χ1v) is 7.46. The predicted octanol–water partition coefficient (Wildman–Crippen LogP) is 0.801. The van der Waals surface area contributed by atoms with Crippen molar-refractivity contribution in [3.05, 3.63) is 35.9 Å². The molecule has 2 saturated heterocycles. The highest BCUT2D eigenvalue weighted by atomic mass is 16.8. The van der Waals surface area contributed by atoms with Crippen LogP contribution in [0.4, 0.5) is 0 Å². The monoisotopic (exact) mass is 310 g/mol. The first-order valence-electron chi connectivity index (χ1n) is 7.46. The third-order valence-electron chi connectivity index (χ3n) is 3.88. The molecule has 6 heteroatoms. The highest BCUT2D eigenvalue weighted by molar-refractivity contribution is 5.13. The summed E-state index contributed by atoms with van der Waals surface area (Å²) in [5, 5.41) is 19.1. The van der Waals surface area contributed by atoms with Crippen LogP contribution in [0.2, 0.25) is 0 Å². The standard InChI is InChI=1S/C16H22O6/c1-16(2)21-14-13(19-9-10-6-4-3-5-7-10)12(11(18)8-17)20-15(14)22-16/h3-7,11-15,17-18H,8-9H2,1-2H3/t11-,12-,13-,14-,15-/m1/s1. The zero-order valence-electron chi connectivity index (χ0n) is 12.7. The second-order valence-corrected chi connectivity index (χ2v) is 6.08. The first-order chi connectivity index (χ1) is 10.5. The number of hydrogen-bond donors (Lipinski definition) is 2. The highest BCUT2D eigenvalue weighted by Crippen LogP contribution is 2.39. The Kier molecular flexibility index (Phi) is 4.49. The lowest BCUT2D eigenvalue weighted by Gasteiger charge is -2.28. The van der Waals surface area contributed by atoms with E-state index in [1.165, 1.54) is 0 Å². The van der Waals surface area contributed by atoms with Crippen molar-refractivity contribution >= 4 is 0 Å². The van der Waals surface area contributed by atoms with E-state index in [2.05, 4.69) is 0 Å². The number of fused-ring (bicyclic) bond motifs is 1. The molecule has 122 valence electrons. The molecule has 3 rings (SSSR count).